The molecule has 5 heteroatoms. The molecule has 0 bridgehead atoms. The van der Waals surface area contributed by atoms with Crippen LogP contribution in [0.15, 0.2) is 59.4 Å². The predicted octanol–water partition coefficient (Wildman–Crippen LogP) is 7.69. The summed E-state index contributed by atoms with van der Waals surface area (Å²) < 4.78 is 28.8. The van der Waals surface area contributed by atoms with E-state index in [1.165, 1.54) is 17.7 Å². The van der Waals surface area contributed by atoms with E-state index in [9.17, 15) is 13.6 Å². The lowest BCUT2D eigenvalue weighted by Gasteiger charge is -2.21. The highest BCUT2D eigenvalue weighted by atomic mass is 19.3. The molecular weight excluding hydrogens is 442 g/mol. The summed E-state index contributed by atoms with van der Waals surface area (Å²) in [5.74, 6) is -2.38. The molecule has 0 spiro atoms. The molecule has 0 radical (unpaired) electrons. The van der Waals surface area contributed by atoms with E-state index in [1.54, 1.807) is 24.3 Å². The van der Waals surface area contributed by atoms with Crippen LogP contribution < -0.4 is 10.9 Å². The second kappa shape index (κ2) is 13.0. The maximum absolute atomic E-state index is 14.4. The minimum Gasteiger partial charge on any atom is -0.322 e. The Morgan fingerprint density at radius 3 is 2.40 bits per heavy atom. The molecule has 3 aromatic rings. The van der Waals surface area contributed by atoms with Gasteiger partial charge in [-0.15, -0.1) is 0 Å². The number of aromatic amines is 1. The lowest BCUT2D eigenvalue weighted by atomic mass is 9.93. The minimum atomic E-state index is -2.74. The van der Waals surface area contributed by atoms with Gasteiger partial charge in [0.1, 0.15) is 0 Å². The van der Waals surface area contributed by atoms with Crippen molar-refractivity contribution in [3.05, 3.63) is 81.6 Å². The molecule has 0 saturated carbocycles. The fourth-order valence-electron chi connectivity index (χ4n) is 4.88. The third kappa shape index (κ3) is 7.99. The number of rotatable bonds is 14. The topological polar surface area (TPSA) is 44.9 Å². The van der Waals surface area contributed by atoms with E-state index in [0.717, 1.165) is 68.1 Å². The van der Waals surface area contributed by atoms with Crippen LogP contribution in [-0.4, -0.2) is 18.1 Å². The van der Waals surface area contributed by atoms with Crippen LogP contribution in [0.25, 0.3) is 10.9 Å². The SMILES string of the molecule is Cc1ccc(C(C)CNCCCCCCCC(C)CC(F)(F)c2ccccc2)c2ccc(=O)[nH]c12. The van der Waals surface area contributed by atoms with E-state index < -0.39 is 5.92 Å². The number of benzene rings is 2. The Bertz CT molecular complexity index is 1110. The summed E-state index contributed by atoms with van der Waals surface area (Å²) in [5.41, 5.74) is 3.32. The molecule has 2 unspecified atom stereocenters. The summed E-state index contributed by atoms with van der Waals surface area (Å²) in [4.78, 5) is 14.7. The standard InChI is InChI=1S/C30H40F2N2O/c1-22(20-30(31,32)25-13-9-7-10-14-25)12-8-5-4-6-11-19-33-21-24(3)26-16-15-23(2)29-27(26)17-18-28(35)34-29/h7,9-10,13-18,22,24,33H,4-6,8,11-12,19-21H2,1-3H3,(H,34,35). The summed E-state index contributed by atoms with van der Waals surface area (Å²) in [7, 11) is 0. The van der Waals surface area contributed by atoms with E-state index in [2.05, 4.69) is 29.4 Å². The Balaban J connectivity index is 1.28. The maximum Gasteiger partial charge on any atom is 0.273 e. The number of nitrogens with one attached hydrogen (secondary N) is 2. The molecule has 190 valence electrons. The first-order valence-corrected chi connectivity index (χ1v) is 13.0. The van der Waals surface area contributed by atoms with Crippen LogP contribution >= 0.6 is 0 Å². The van der Waals surface area contributed by atoms with E-state index >= 15 is 0 Å². The van der Waals surface area contributed by atoms with Gasteiger partial charge in [-0.2, -0.15) is 0 Å². The van der Waals surface area contributed by atoms with Crippen molar-refractivity contribution in [3.8, 4) is 0 Å². The zero-order valence-corrected chi connectivity index (χ0v) is 21.4. The molecule has 3 rings (SSSR count). The van der Waals surface area contributed by atoms with Gasteiger partial charge in [0.05, 0.1) is 5.52 Å². The highest BCUT2D eigenvalue weighted by Crippen LogP contribution is 2.35. The molecule has 0 aliphatic carbocycles. The molecule has 3 nitrogen and oxygen atoms in total. The number of fused-ring (bicyclic) bond motifs is 1. The Hall–Kier alpha value is -2.53. The van der Waals surface area contributed by atoms with Gasteiger partial charge < -0.3 is 10.3 Å². The van der Waals surface area contributed by atoms with Gasteiger partial charge in [-0.25, -0.2) is 8.78 Å². The number of halogens is 2. The number of alkyl halides is 2. The van der Waals surface area contributed by atoms with Gasteiger partial charge in [-0.1, -0.05) is 88.4 Å². The summed E-state index contributed by atoms with van der Waals surface area (Å²) in [6.45, 7) is 8.04. The average molecular weight is 483 g/mol. The second-order valence-electron chi connectivity index (χ2n) is 10.1. The maximum atomic E-state index is 14.4. The van der Waals surface area contributed by atoms with Crippen molar-refractivity contribution in [3.63, 3.8) is 0 Å². The van der Waals surface area contributed by atoms with Crippen molar-refractivity contribution in [2.75, 3.05) is 13.1 Å². The zero-order valence-electron chi connectivity index (χ0n) is 21.4. The number of H-pyrrole nitrogens is 1. The summed E-state index contributed by atoms with van der Waals surface area (Å²) in [6.07, 6.45) is 6.32. The number of unbranched alkanes of at least 4 members (excludes halogenated alkanes) is 4. The predicted molar refractivity (Wildman–Crippen MR) is 142 cm³/mol. The number of aryl methyl sites for hydroxylation is 1. The quantitative estimate of drug-likeness (QED) is 0.231. The molecule has 2 N–H and O–H groups in total. The van der Waals surface area contributed by atoms with E-state index in [4.69, 9.17) is 0 Å². The van der Waals surface area contributed by atoms with Crippen LogP contribution in [0, 0.1) is 12.8 Å². The molecule has 0 aliphatic rings. The molecule has 1 aromatic heterocycles. The lowest BCUT2D eigenvalue weighted by Crippen LogP contribution is -2.21. The lowest BCUT2D eigenvalue weighted by molar-refractivity contribution is -0.0281. The molecule has 0 saturated heterocycles. The summed E-state index contributed by atoms with van der Waals surface area (Å²) >= 11 is 0. The van der Waals surface area contributed by atoms with Crippen molar-refractivity contribution < 1.29 is 8.78 Å². The molecule has 35 heavy (non-hydrogen) atoms. The molecule has 2 atom stereocenters. The summed E-state index contributed by atoms with van der Waals surface area (Å²) in [6, 6.07) is 15.9. The van der Waals surface area contributed by atoms with Crippen molar-refractivity contribution in [2.24, 2.45) is 5.92 Å². The molecule has 0 fully saturated rings. The Morgan fingerprint density at radius 2 is 1.63 bits per heavy atom. The molecule has 0 aliphatic heterocycles. The fourth-order valence-corrected chi connectivity index (χ4v) is 4.88. The normalized spacial score (nSPS) is 13.7. The van der Waals surface area contributed by atoms with E-state index in [1.807, 2.05) is 19.9 Å². The molecule has 0 amide bonds. The van der Waals surface area contributed by atoms with Crippen LogP contribution in [-0.2, 0) is 5.92 Å². The van der Waals surface area contributed by atoms with Crippen LogP contribution in [0.2, 0.25) is 0 Å². The van der Waals surface area contributed by atoms with Crippen molar-refractivity contribution in [1.82, 2.24) is 10.3 Å². The van der Waals surface area contributed by atoms with Crippen LogP contribution in [0.5, 0.6) is 0 Å². The Morgan fingerprint density at radius 1 is 0.914 bits per heavy atom. The number of hydrogen-bond acceptors (Lipinski definition) is 2. The number of pyridine rings is 1. The van der Waals surface area contributed by atoms with Crippen molar-refractivity contribution in [2.45, 2.75) is 77.6 Å². The van der Waals surface area contributed by atoms with Crippen molar-refractivity contribution >= 4 is 10.9 Å². The largest absolute Gasteiger partial charge is 0.322 e. The van der Waals surface area contributed by atoms with Gasteiger partial charge in [0.15, 0.2) is 0 Å². The average Bonchev–Trinajstić information content (AvgIpc) is 2.83. The van der Waals surface area contributed by atoms with E-state index in [0.29, 0.717) is 5.92 Å². The third-order valence-electron chi connectivity index (χ3n) is 6.97. The zero-order chi connectivity index (χ0) is 25.3. The molecule has 2 aromatic carbocycles. The van der Waals surface area contributed by atoms with Gasteiger partial charge in [0.25, 0.3) is 5.92 Å². The highest BCUT2D eigenvalue weighted by Gasteiger charge is 2.32. The fraction of sp³-hybridized carbons (Fsp3) is 0.500. The number of aromatic nitrogens is 1. The highest BCUT2D eigenvalue weighted by molar-refractivity contribution is 5.85. The van der Waals surface area contributed by atoms with Gasteiger partial charge >= 0.3 is 0 Å². The molecular formula is C30H40F2N2O. The van der Waals surface area contributed by atoms with Gasteiger partial charge in [0.2, 0.25) is 5.56 Å². The first kappa shape index (κ1) is 27.1. The second-order valence-corrected chi connectivity index (χ2v) is 10.1. The van der Waals surface area contributed by atoms with Crippen LogP contribution in [0.3, 0.4) is 0 Å². The third-order valence-corrected chi connectivity index (χ3v) is 6.97. The monoisotopic (exact) mass is 482 g/mol. The molecule has 1 heterocycles. The first-order valence-electron chi connectivity index (χ1n) is 13.0. The van der Waals surface area contributed by atoms with Gasteiger partial charge in [-0.05, 0) is 48.9 Å². The summed E-state index contributed by atoms with van der Waals surface area (Å²) in [5, 5.41) is 4.69. The first-order chi connectivity index (χ1) is 16.8. The van der Waals surface area contributed by atoms with Crippen LogP contribution in [0.1, 0.15) is 81.4 Å². The smallest absolute Gasteiger partial charge is 0.273 e. The Kier molecular flexibility index (Phi) is 10.0. The minimum absolute atomic E-state index is 0.0176. The van der Waals surface area contributed by atoms with Crippen molar-refractivity contribution in [1.29, 1.82) is 0 Å². The van der Waals surface area contributed by atoms with E-state index in [-0.39, 0.29) is 23.5 Å². The van der Waals surface area contributed by atoms with Crippen LogP contribution in [0.4, 0.5) is 8.78 Å². The Labute approximate surface area is 208 Å². The van der Waals surface area contributed by atoms with Gasteiger partial charge in [0, 0.05) is 30.0 Å². The van der Waals surface area contributed by atoms with Gasteiger partial charge in [-0.3, -0.25) is 4.79 Å². The number of hydrogen-bond donors (Lipinski definition) is 2.